The van der Waals surface area contributed by atoms with E-state index in [0.717, 1.165) is 0 Å². The standard InChI is InChI=1S/C6H5N3O3/c10-6(11)5(9-12)4-3-7-1-2-8-4/h1-3,12H,(H,10,11)/b9-5+. The van der Waals surface area contributed by atoms with Crippen LogP contribution in [0.5, 0.6) is 0 Å². The number of nitrogens with zero attached hydrogens (tertiary/aromatic N) is 3. The fraction of sp³-hybridized carbons (Fsp3) is 0. The van der Waals surface area contributed by atoms with Crippen molar-refractivity contribution in [1.29, 1.82) is 0 Å². The van der Waals surface area contributed by atoms with Crippen molar-refractivity contribution < 1.29 is 15.1 Å². The van der Waals surface area contributed by atoms with Crippen LogP contribution >= 0.6 is 0 Å². The number of aliphatic carboxylic acids is 1. The second-order valence-corrected chi connectivity index (χ2v) is 1.84. The molecular formula is C6H5N3O3. The lowest BCUT2D eigenvalue weighted by Crippen LogP contribution is -2.15. The molecule has 0 fully saturated rings. The van der Waals surface area contributed by atoms with E-state index >= 15 is 0 Å². The summed E-state index contributed by atoms with van der Waals surface area (Å²) in [5.41, 5.74) is -0.504. The quantitative estimate of drug-likeness (QED) is 0.359. The predicted molar refractivity (Wildman–Crippen MR) is 38.0 cm³/mol. The minimum atomic E-state index is -1.35. The topological polar surface area (TPSA) is 95.7 Å². The van der Waals surface area contributed by atoms with Gasteiger partial charge in [-0.1, -0.05) is 5.16 Å². The van der Waals surface area contributed by atoms with E-state index in [4.69, 9.17) is 10.3 Å². The summed E-state index contributed by atoms with van der Waals surface area (Å²) < 4.78 is 0. The van der Waals surface area contributed by atoms with Gasteiger partial charge in [0.05, 0.1) is 6.20 Å². The Morgan fingerprint density at radius 3 is 2.67 bits per heavy atom. The molecule has 1 aromatic rings. The van der Waals surface area contributed by atoms with Gasteiger partial charge in [-0.15, -0.1) is 0 Å². The Bertz CT molecular complexity index is 309. The van der Waals surface area contributed by atoms with E-state index in [-0.39, 0.29) is 5.69 Å². The first-order chi connectivity index (χ1) is 5.75. The van der Waals surface area contributed by atoms with Gasteiger partial charge in [0.1, 0.15) is 5.69 Å². The van der Waals surface area contributed by atoms with E-state index in [1.807, 2.05) is 0 Å². The van der Waals surface area contributed by atoms with Gasteiger partial charge in [-0.3, -0.25) is 9.97 Å². The van der Waals surface area contributed by atoms with Crippen LogP contribution in [0.1, 0.15) is 5.69 Å². The minimum Gasteiger partial charge on any atom is -0.476 e. The Labute approximate surface area is 67.2 Å². The maximum absolute atomic E-state index is 10.4. The summed E-state index contributed by atoms with van der Waals surface area (Å²) in [5, 5.41) is 19.3. The van der Waals surface area contributed by atoms with Crippen LogP contribution in [0.3, 0.4) is 0 Å². The SMILES string of the molecule is O=C(O)/C(=N/O)c1cnccn1. The van der Waals surface area contributed by atoms with Gasteiger partial charge in [0, 0.05) is 12.4 Å². The highest BCUT2D eigenvalue weighted by atomic mass is 16.4. The van der Waals surface area contributed by atoms with Gasteiger partial charge in [0.2, 0.25) is 5.71 Å². The summed E-state index contributed by atoms with van der Waals surface area (Å²) in [5.74, 6) is -1.35. The normalized spacial score (nSPS) is 11.2. The summed E-state index contributed by atoms with van der Waals surface area (Å²) in [6.07, 6.45) is 3.90. The van der Waals surface area contributed by atoms with Crippen LogP contribution in [0.15, 0.2) is 23.7 Å². The van der Waals surface area contributed by atoms with E-state index in [2.05, 4.69) is 15.1 Å². The molecule has 1 rings (SSSR count). The Kier molecular flexibility index (Phi) is 2.32. The molecule has 0 aliphatic rings. The zero-order valence-corrected chi connectivity index (χ0v) is 5.88. The summed E-state index contributed by atoms with van der Waals surface area (Å²) in [7, 11) is 0. The number of carboxylic acids is 1. The molecule has 1 aromatic heterocycles. The van der Waals surface area contributed by atoms with Crippen LogP contribution in [0.2, 0.25) is 0 Å². The summed E-state index contributed by atoms with van der Waals surface area (Å²) in [6.45, 7) is 0. The molecule has 0 atom stereocenters. The first kappa shape index (κ1) is 8.12. The maximum atomic E-state index is 10.4. The molecule has 62 valence electrons. The van der Waals surface area contributed by atoms with Crippen molar-refractivity contribution in [1.82, 2.24) is 9.97 Å². The summed E-state index contributed by atoms with van der Waals surface area (Å²) in [6, 6.07) is 0. The van der Waals surface area contributed by atoms with Crippen molar-refractivity contribution >= 4 is 11.7 Å². The van der Waals surface area contributed by atoms with Crippen molar-refractivity contribution in [2.24, 2.45) is 5.16 Å². The third kappa shape index (κ3) is 1.54. The van der Waals surface area contributed by atoms with E-state index < -0.39 is 11.7 Å². The molecule has 0 spiro atoms. The Morgan fingerprint density at radius 1 is 1.50 bits per heavy atom. The predicted octanol–water partition coefficient (Wildman–Crippen LogP) is -0.261. The maximum Gasteiger partial charge on any atom is 0.360 e. The molecule has 1 heterocycles. The van der Waals surface area contributed by atoms with Gasteiger partial charge in [-0.25, -0.2) is 4.79 Å². The molecule has 0 radical (unpaired) electrons. The van der Waals surface area contributed by atoms with Gasteiger partial charge >= 0.3 is 5.97 Å². The lowest BCUT2D eigenvalue weighted by molar-refractivity contribution is -0.129. The van der Waals surface area contributed by atoms with Crippen molar-refractivity contribution in [3.8, 4) is 0 Å². The fourth-order valence-electron chi connectivity index (χ4n) is 0.625. The van der Waals surface area contributed by atoms with E-state index in [9.17, 15) is 4.79 Å². The number of carbonyl (C=O) groups is 1. The first-order valence-corrected chi connectivity index (χ1v) is 2.97. The largest absolute Gasteiger partial charge is 0.476 e. The van der Waals surface area contributed by atoms with E-state index in [0.29, 0.717) is 0 Å². The lowest BCUT2D eigenvalue weighted by atomic mass is 10.3. The molecule has 6 nitrogen and oxygen atoms in total. The summed E-state index contributed by atoms with van der Waals surface area (Å²) >= 11 is 0. The average molecular weight is 167 g/mol. The fourth-order valence-corrected chi connectivity index (χ4v) is 0.625. The highest BCUT2D eigenvalue weighted by Crippen LogP contribution is 1.93. The van der Waals surface area contributed by atoms with Crippen LogP contribution in [-0.4, -0.2) is 32.0 Å². The van der Waals surface area contributed by atoms with Crippen LogP contribution in [-0.2, 0) is 4.79 Å². The van der Waals surface area contributed by atoms with Crippen LogP contribution in [0.4, 0.5) is 0 Å². The molecule has 6 heteroatoms. The molecular weight excluding hydrogens is 162 g/mol. The van der Waals surface area contributed by atoms with Gasteiger partial charge in [-0.2, -0.15) is 0 Å². The number of aromatic nitrogens is 2. The van der Waals surface area contributed by atoms with E-state index in [1.165, 1.54) is 18.6 Å². The first-order valence-electron chi connectivity index (χ1n) is 2.97. The van der Waals surface area contributed by atoms with Gasteiger partial charge in [-0.05, 0) is 0 Å². The molecule has 2 N–H and O–H groups in total. The Morgan fingerprint density at radius 2 is 2.25 bits per heavy atom. The third-order valence-electron chi connectivity index (χ3n) is 1.11. The number of hydrogen-bond donors (Lipinski definition) is 2. The average Bonchev–Trinajstić information content (AvgIpc) is 2.07. The van der Waals surface area contributed by atoms with Crippen molar-refractivity contribution in [2.75, 3.05) is 0 Å². The number of rotatable bonds is 2. The highest BCUT2D eigenvalue weighted by Gasteiger charge is 2.13. The third-order valence-corrected chi connectivity index (χ3v) is 1.11. The van der Waals surface area contributed by atoms with Gasteiger partial charge < -0.3 is 10.3 Å². The molecule has 0 aliphatic carbocycles. The Balaban J connectivity index is 3.05. The second kappa shape index (κ2) is 3.42. The zero-order valence-electron chi connectivity index (χ0n) is 5.88. The van der Waals surface area contributed by atoms with Gasteiger partial charge in [0.25, 0.3) is 0 Å². The molecule has 0 aromatic carbocycles. The number of carboxylic acid groups (broad SMARTS) is 1. The van der Waals surface area contributed by atoms with Gasteiger partial charge in [0.15, 0.2) is 0 Å². The monoisotopic (exact) mass is 167 g/mol. The van der Waals surface area contributed by atoms with E-state index in [1.54, 1.807) is 0 Å². The molecule has 12 heavy (non-hydrogen) atoms. The Hall–Kier alpha value is -1.98. The molecule has 0 saturated carbocycles. The van der Waals surface area contributed by atoms with Crippen molar-refractivity contribution in [3.05, 3.63) is 24.3 Å². The number of oxime groups is 1. The molecule has 0 bridgehead atoms. The van der Waals surface area contributed by atoms with Crippen LogP contribution < -0.4 is 0 Å². The highest BCUT2D eigenvalue weighted by molar-refractivity contribution is 6.41. The smallest absolute Gasteiger partial charge is 0.360 e. The van der Waals surface area contributed by atoms with Crippen LogP contribution in [0, 0.1) is 0 Å². The number of hydrogen-bond acceptors (Lipinski definition) is 5. The molecule has 0 amide bonds. The van der Waals surface area contributed by atoms with Crippen molar-refractivity contribution in [3.63, 3.8) is 0 Å². The molecule has 0 aliphatic heterocycles. The minimum absolute atomic E-state index is 0.0208. The van der Waals surface area contributed by atoms with Crippen LogP contribution in [0.25, 0.3) is 0 Å². The van der Waals surface area contributed by atoms with Crippen molar-refractivity contribution in [2.45, 2.75) is 0 Å². The molecule has 0 unspecified atom stereocenters. The molecule has 0 saturated heterocycles. The second-order valence-electron chi connectivity index (χ2n) is 1.84. The lowest BCUT2D eigenvalue weighted by Gasteiger charge is -1.94. The summed E-state index contributed by atoms with van der Waals surface area (Å²) in [4.78, 5) is 17.6. The zero-order chi connectivity index (χ0) is 8.97.